The number of carbonyl (C=O) groups excluding carboxylic acids is 2. The van der Waals surface area contributed by atoms with Gasteiger partial charge in [-0.2, -0.15) is 5.10 Å². The normalized spacial score (nSPS) is 15.6. The number of rotatable bonds is 5. The fraction of sp³-hybridized carbons (Fsp3) is 0.136. The van der Waals surface area contributed by atoms with E-state index >= 15 is 0 Å². The Labute approximate surface area is 188 Å². The number of nitrogen functional groups attached to an aromatic ring is 1. The van der Waals surface area contributed by atoms with Crippen molar-refractivity contribution < 1.29 is 18.7 Å². The van der Waals surface area contributed by atoms with Crippen LogP contribution in [-0.4, -0.2) is 29.2 Å². The van der Waals surface area contributed by atoms with Gasteiger partial charge in [0.15, 0.2) is 6.61 Å². The molecule has 1 amide bonds. The van der Waals surface area contributed by atoms with Gasteiger partial charge < -0.3 is 14.9 Å². The van der Waals surface area contributed by atoms with Gasteiger partial charge in [0.2, 0.25) is 0 Å². The topological polar surface area (TPSA) is 98.1 Å². The molecule has 1 atom stereocenters. The number of nitrogens with zero attached hydrogens (tertiary/aromatic N) is 2. The molecular weight excluding hydrogens is 441 g/mol. The number of hydrazone groups is 1. The molecule has 0 bridgehead atoms. The summed E-state index contributed by atoms with van der Waals surface area (Å²) in [5.41, 5.74) is 7.70. The van der Waals surface area contributed by atoms with Crippen LogP contribution in [0, 0.1) is 0 Å². The minimum Gasteiger partial charge on any atom is -0.467 e. The Balaban J connectivity index is 1.51. The summed E-state index contributed by atoms with van der Waals surface area (Å²) in [5.74, 6) is -0.592. The van der Waals surface area contributed by atoms with Gasteiger partial charge in [0, 0.05) is 11.4 Å². The van der Waals surface area contributed by atoms with Crippen LogP contribution in [0.2, 0.25) is 10.0 Å². The molecule has 0 spiro atoms. The minimum absolute atomic E-state index is 0.198. The van der Waals surface area contributed by atoms with E-state index in [0.717, 1.165) is 5.56 Å². The van der Waals surface area contributed by atoms with E-state index in [4.69, 9.17) is 38.1 Å². The maximum atomic E-state index is 12.9. The minimum atomic E-state index is -0.688. The molecule has 1 aromatic heterocycles. The third-order valence-electron chi connectivity index (χ3n) is 4.77. The molecule has 0 fully saturated rings. The molecule has 0 aliphatic carbocycles. The molecular formula is C22H17Cl2N3O4. The number of amides is 1. The maximum Gasteiger partial charge on any atom is 0.338 e. The van der Waals surface area contributed by atoms with Crippen LogP contribution in [0.3, 0.4) is 0 Å². The van der Waals surface area contributed by atoms with E-state index in [1.807, 2.05) is 12.1 Å². The quantitative estimate of drug-likeness (QED) is 0.442. The summed E-state index contributed by atoms with van der Waals surface area (Å²) in [7, 11) is 0. The summed E-state index contributed by atoms with van der Waals surface area (Å²) in [5, 5.41) is 6.69. The van der Waals surface area contributed by atoms with Gasteiger partial charge >= 0.3 is 5.97 Å². The molecule has 2 aromatic carbocycles. The summed E-state index contributed by atoms with van der Waals surface area (Å²) in [6, 6.07) is 14.6. The lowest BCUT2D eigenvalue weighted by molar-refractivity contribution is -0.136. The Kier molecular flexibility index (Phi) is 5.97. The zero-order valence-corrected chi connectivity index (χ0v) is 17.6. The molecule has 31 heavy (non-hydrogen) atoms. The van der Waals surface area contributed by atoms with Crippen molar-refractivity contribution >= 4 is 46.5 Å². The number of esters is 1. The van der Waals surface area contributed by atoms with Crippen molar-refractivity contribution in [1.29, 1.82) is 0 Å². The van der Waals surface area contributed by atoms with E-state index in [9.17, 15) is 9.59 Å². The largest absolute Gasteiger partial charge is 0.467 e. The molecule has 4 rings (SSSR count). The number of benzene rings is 2. The average Bonchev–Trinajstić information content (AvgIpc) is 3.44. The molecule has 0 saturated carbocycles. The Morgan fingerprint density at radius 1 is 1.16 bits per heavy atom. The molecule has 3 aromatic rings. The Hall–Kier alpha value is -3.29. The number of hydrogen-bond acceptors (Lipinski definition) is 6. The second kappa shape index (κ2) is 8.83. The zero-order valence-electron chi connectivity index (χ0n) is 16.1. The van der Waals surface area contributed by atoms with Crippen LogP contribution in [0.25, 0.3) is 0 Å². The van der Waals surface area contributed by atoms with Crippen molar-refractivity contribution in [1.82, 2.24) is 5.01 Å². The second-order valence-corrected chi connectivity index (χ2v) is 7.68. The van der Waals surface area contributed by atoms with Crippen molar-refractivity contribution in [2.24, 2.45) is 5.10 Å². The Morgan fingerprint density at radius 2 is 1.94 bits per heavy atom. The van der Waals surface area contributed by atoms with Crippen LogP contribution < -0.4 is 5.73 Å². The molecule has 1 aliphatic heterocycles. The lowest BCUT2D eigenvalue weighted by Gasteiger charge is -2.19. The van der Waals surface area contributed by atoms with Gasteiger partial charge in [-0.1, -0.05) is 35.3 Å². The highest BCUT2D eigenvalue weighted by Crippen LogP contribution is 2.33. The van der Waals surface area contributed by atoms with Crippen molar-refractivity contribution in [3.63, 3.8) is 0 Å². The summed E-state index contributed by atoms with van der Waals surface area (Å²) < 4.78 is 10.7. The first kappa shape index (κ1) is 21.0. The van der Waals surface area contributed by atoms with E-state index < -0.39 is 24.5 Å². The molecule has 1 aliphatic rings. The van der Waals surface area contributed by atoms with E-state index in [2.05, 4.69) is 5.10 Å². The standard InChI is InChI=1S/C22H17Cl2N3O4/c23-15-6-3-13(4-7-15)18-11-19(20-2-1-9-30-20)27(26-18)21(28)12-31-22(29)14-5-8-16(24)17(25)10-14/h1-10,19H,11-12,25H2/t19-/m0/s1. The summed E-state index contributed by atoms with van der Waals surface area (Å²) >= 11 is 11.8. The molecule has 0 unspecified atom stereocenters. The fourth-order valence-corrected chi connectivity index (χ4v) is 3.45. The van der Waals surface area contributed by atoms with Crippen LogP contribution in [0.1, 0.15) is 34.1 Å². The molecule has 2 heterocycles. The third kappa shape index (κ3) is 4.57. The maximum absolute atomic E-state index is 12.9. The molecule has 158 valence electrons. The Bertz CT molecular complexity index is 1140. The summed E-state index contributed by atoms with van der Waals surface area (Å²) in [4.78, 5) is 25.2. The predicted octanol–water partition coefficient (Wildman–Crippen LogP) is 4.70. The van der Waals surface area contributed by atoms with Crippen LogP contribution in [-0.2, 0) is 9.53 Å². The van der Waals surface area contributed by atoms with Crippen molar-refractivity contribution in [2.75, 3.05) is 12.3 Å². The summed E-state index contributed by atoms with van der Waals surface area (Å²) in [6.45, 7) is -0.490. The van der Waals surface area contributed by atoms with Crippen molar-refractivity contribution in [2.45, 2.75) is 12.5 Å². The second-order valence-electron chi connectivity index (χ2n) is 6.84. The van der Waals surface area contributed by atoms with Crippen LogP contribution in [0.5, 0.6) is 0 Å². The number of anilines is 1. The number of halogens is 2. The van der Waals surface area contributed by atoms with Gasteiger partial charge in [-0.3, -0.25) is 4.79 Å². The Morgan fingerprint density at radius 3 is 2.61 bits per heavy atom. The summed E-state index contributed by atoms with van der Waals surface area (Å²) in [6.07, 6.45) is 1.98. The van der Waals surface area contributed by atoms with Gasteiger partial charge in [-0.15, -0.1) is 0 Å². The van der Waals surface area contributed by atoms with Gasteiger partial charge in [0.25, 0.3) is 5.91 Å². The fourth-order valence-electron chi connectivity index (χ4n) is 3.21. The monoisotopic (exact) mass is 457 g/mol. The predicted molar refractivity (Wildman–Crippen MR) is 117 cm³/mol. The zero-order chi connectivity index (χ0) is 22.0. The molecule has 2 N–H and O–H groups in total. The van der Waals surface area contributed by atoms with Crippen LogP contribution >= 0.6 is 23.2 Å². The van der Waals surface area contributed by atoms with Gasteiger partial charge in [-0.25, -0.2) is 9.80 Å². The lowest BCUT2D eigenvalue weighted by atomic mass is 10.0. The highest BCUT2D eigenvalue weighted by molar-refractivity contribution is 6.33. The number of furan rings is 1. The number of hydrogen-bond donors (Lipinski definition) is 1. The highest BCUT2D eigenvalue weighted by Gasteiger charge is 2.35. The lowest BCUT2D eigenvalue weighted by Crippen LogP contribution is -2.31. The average molecular weight is 458 g/mol. The SMILES string of the molecule is Nc1cc(C(=O)OCC(=O)N2N=C(c3ccc(Cl)cc3)C[C@H]2c2ccco2)ccc1Cl. The first-order valence-electron chi connectivity index (χ1n) is 9.33. The highest BCUT2D eigenvalue weighted by atomic mass is 35.5. The molecule has 9 heteroatoms. The van der Waals surface area contributed by atoms with E-state index in [1.165, 1.54) is 29.5 Å². The van der Waals surface area contributed by atoms with E-state index in [1.54, 1.807) is 24.3 Å². The number of carbonyl (C=O) groups is 2. The van der Waals surface area contributed by atoms with Gasteiger partial charge in [-0.05, 0) is 48.0 Å². The van der Waals surface area contributed by atoms with Crippen molar-refractivity contribution in [3.8, 4) is 0 Å². The van der Waals surface area contributed by atoms with Crippen LogP contribution in [0.4, 0.5) is 5.69 Å². The molecule has 7 nitrogen and oxygen atoms in total. The number of ether oxygens (including phenoxy) is 1. The molecule has 0 radical (unpaired) electrons. The first-order valence-corrected chi connectivity index (χ1v) is 10.1. The van der Waals surface area contributed by atoms with E-state index in [0.29, 0.717) is 27.9 Å². The van der Waals surface area contributed by atoms with Crippen molar-refractivity contribution in [3.05, 3.63) is 87.8 Å². The first-order chi connectivity index (χ1) is 14.9. The van der Waals surface area contributed by atoms with E-state index in [-0.39, 0.29) is 11.3 Å². The third-order valence-corrected chi connectivity index (χ3v) is 5.37. The van der Waals surface area contributed by atoms with Gasteiger partial charge in [0.05, 0.1) is 28.2 Å². The smallest absolute Gasteiger partial charge is 0.338 e. The molecule has 0 saturated heterocycles. The van der Waals surface area contributed by atoms with Crippen LogP contribution in [0.15, 0.2) is 70.4 Å². The number of nitrogens with two attached hydrogens (primary N) is 1. The van der Waals surface area contributed by atoms with Gasteiger partial charge in [0.1, 0.15) is 11.8 Å².